The molecular weight excluding hydrogens is 364 g/mol. The molecule has 0 bridgehead atoms. The van der Waals surface area contributed by atoms with Crippen LogP contribution in [0.2, 0.25) is 0 Å². The molecule has 26 heavy (non-hydrogen) atoms. The van der Waals surface area contributed by atoms with Crippen molar-refractivity contribution in [1.82, 2.24) is 10.1 Å². The van der Waals surface area contributed by atoms with E-state index in [1.807, 2.05) is 0 Å². The van der Waals surface area contributed by atoms with Crippen molar-refractivity contribution in [2.75, 3.05) is 13.7 Å². The van der Waals surface area contributed by atoms with Gasteiger partial charge in [0.1, 0.15) is 5.56 Å². The average Bonchev–Trinajstić information content (AvgIpc) is 3.24. The Labute approximate surface area is 156 Å². The van der Waals surface area contributed by atoms with Crippen molar-refractivity contribution < 1.29 is 18.9 Å². The number of methoxy groups -OCH3 is 1. The number of aromatic nitrogens is 2. The van der Waals surface area contributed by atoms with Gasteiger partial charge in [0, 0.05) is 6.07 Å². The maximum Gasteiger partial charge on any atom is 0.286 e. The first-order chi connectivity index (χ1) is 12.0. The number of halogens is 1. The van der Waals surface area contributed by atoms with Gasteiger partial charge in [-0.2, -0.15) is 4.98 Å². The molecule has 3 rings (SSSR count). The van der Waals surface area contributed by atoms with Crippen LogP contribution in [0.4, 0.5) is 5.69 Å². The molecule has 0 unspecified atom stereocenters. The Morgan fingerprint density at radius 3 is 2.62 bits per heavy atom. The van der Waals surface area contributed by atoms with Gasteiger partial charge >= 0.3 is 0 Å². The van der Waals surface area contributed by atoms with Crippen molar-refractivity contribution in [1.29, 1.82) is 0 Å². The topological polar surface area (TPSA) is 127 Å². The van der Waals surface area contributed by atoms with Gasteiger partial charge < -0.3 is 19.7 Å². The molecule has 1 heterocycles. The van der Waals surface area contributed by atoms with E-state index in [1.54, 1.807) is 6.92 Å². The molecule has 2 aromatic rings. The predicted octanol–water partition coefficient (Wildman–Crippen LogP) is 3.20. The molecule has 1 aliphatic rings. The summed E-state index contributed by atoms with van der Waals surface area (Å²) in [6, 6.07) is 2.77. The van der Waals surface area contributed by atoms with Crippen LogP contribution in [0.15, 0.2) is 16.7 Å². The Balaban J connectivity index is 0.00000243. The van der Waals surface area contributed by atoms with Crippen LogP contribution >= 0.6 is 12.4 Å². The lowest BCUT2D eigenvalue weighted by Crippen LogP contribution is -2.34. The maximum absolute atomic E-state index is 11.5. The second kappa shape index (κ2) is 7.88. The van der Waals surface area contributed by atoms with Gasteiger partial charge in [0.05, 0.1) is 30.2 Å². The van der Waals surface area contributed by atoms with Crippen LogP contribution in [0, 0.1) is 10.1 Å². The zero-order chi connectivity index (χ0) is 18.0. The minimum absolute atomic E-state index is 0. The third-order valence-corrected chi connectivity index (χ3v) is 4.38. The average molecular weight is 385 g/mol. The number of hydrogen-bond acceptors (Lipinski definition) is 8. The summed E-state index contributed by atoms with van der Waals surface area (Å²) in [5.74, 6) is 1.05. The van der Waals surface area contributed by atoms with Gasteiger partial charge in [-0.05, 0) is 19.8 Å². The molecule has 0 spiro atoms. The predicted molar refractivity (Wildman–Crippen MR) is 95.7 cm³/mol. The van der Waals surface area contributed by atoms with E-state index < -0.39 is 10.5 Å². The highest BCUT2D eigenvalue weighted by atomic mass is 35.5. The molecule has 1 fully saturated rings. The van der Waals surface area contributed by atoms with E-state index >= 15 is 0 Å². The number of benzene rings is 1. The molecule has 1 aromatic heterocycles. The number of nitro benzene ring substituents is 1. The van der Waals surface area contributed by atoms with Gasteiger partial charge in [-0.25, -0.2) is 0 Å². The van der Waals surface area contributed by atoms with Crippen LogP contribution in [-0.4, -0.2) is 28.8 Å². The van der Waals surface area contributed by atoms with E-state index in [0.29, 0.717) is 18.2 Å². The number of nitrogens with two attached hydrogens (primary N) is 1. The molecule has 1 saturated carbocycles. The highest BCUT2D eigenvalue weighted by Crippen LogP contribution is 2.41. The van der Waals surface area contributed by atoms with E-state index in [1.165, 1.54) is 19.2 Å². The number of ether oxygens (including phenoxy) is 2. The smallest absolute Gasteiger partial charge is 0.286 e. The van der Waals surface area contributed by atoms with Crippen LogP contribution in [0.5, 0.6) is 11.5 Å². The fourth-order valence-electron chi connectivity index (χ4n) is 3.06. The van der Waals surface area contributed by atoms with E-state index in [4.69, 9.17) is 19.7 Å². The maximum atomic E-state index is 11.5. The number of nitro groups is 1. The minimum atomic E-state index is -0.633. The van der Waals surface area contributed by atoms with Gasteiger partial charge in [-0.1, -0.05) is 18.0 Å². The second-order valence-electron chi connectivity index (χ2n) is 6.00. The summed E-state index contributed by atoms with van der Waals surface area (Å²) in [4.78, 5) is 15.3. The molecule has 1 aromatic carbocycles. The number of rotatable bonds is 6. The zero-order valence-electron chi connectivity index (χ0n) is 14.6. The largest absolute Gasteiger partial charge is 0.493 e. The first kappa shape index (κ1) is 19.9. The van der Waals surface area contributed by atoms with E-state index in [0.717, 1.165) is 25.7 Å². The fourth-order valence-corrected chi connectivity index (χ4v) is 3.06. The highest BCUT2D eigenvalue weighted by Gasteiger charge is 2.37. The fraction of sp³-hybridized carbons (Fsp3) is 0.500. The molecule has 9 nitrogen and oxygen atoms in total. The lowest BCUT2D eigenvalue weighted by atomic mass is 9.98. The van der Waals surface area contributed by atoms with E-state index in [9.17, 15) is 10.1 Å². The molecule has 1 aliphatic carbocycles. The minimum Gasteiger partial charge on any atom is -0.493 e. The van der Waals surface area contributed by atoms with Gasteiger partial charge in [-0.15, -0.1) is 12.4 Å². The van der Waals surface area contributed by atoms with Gasteiger partial charge in [0.25, 0.3) is 11.6 Å². The highest BCUT2D eigenvalue weighted by molar-refractivity contribution is 5.85. The van der Waals surface area contributed by atoms with Crippen molar-refractivity contribution in [3.8, 4) is 23.0 Å². The van der Waals surface area contributed by atoms with Crippen molar-refractivity contribution in [3.05, 3.63) is 28.1 Å². The number of nitrogens with zero attached hydrogens (tertiary/aromatic N) is 3. The van der Waals surface area contributed by atoms with Gasteiger partial charge in [-0.3, -0.25) is 10.1 Å². The molecular formula is C16H21ClN4O5. The first-order valence-electron chi connectivity index (χ1n) is 8.11. The molecule has 0 aliphatic heterocycles. The van der Waals surface area contributed by atoms with Crippen molar-refractivity contribution in [2.24, 2.45) is 5.73 Å². The summed E-state index contributed by atoms with van der Waals surface area (Å²) in [6.45, 7) is 2.14. The van der Waals surface area contributed by atoms with Crippen LogP contribution in [-0.2, 0) is 5.54 Å². The summed E-state index contributed by atoms with van der Waals surface area (Å²) in [5, 5.41) is 15.4. The molecule has 0 saturated heterocycles. The standard InChI is InChI=1S/C16H20N4O5.ClH/c1-3-24-13-9-11(20(21)22)10(8-12(13)23-2)14-18-15(19-25-14)16(17)6-4-5-7-16;/h8-9H,3-7,17H2,1-2H3;1H. The SMILES string of the molecule is CCOc1cc([N+](=O)[O-])c(-c2nc(C3(N)CCCC3)no2)cc1OC.Cl. The lowest BCUT2D eigenvalue weighted by Gasteiger charge is -2.17. The van der Waals surface area contributed by atoms with Crippen molar-refractivity contribution >= 4 is 18.1 Å². The third-order valence-electron chi connectivity index (χ3n) is 4.38. The van der Waals surface area contributed by atoms with Crippen molar-refractivity contribution in [3.63, 3.8) is 0 Å². The van der Waals surface area contributed by atoms with Gasteiger partial charge in [0.15, 0.2) is 17.3 Å². The Morgan fingerprint density at radius 2 is 2.04 bits per heavy atom. The van der Waals surface area contributed by atoms with E-state index in [-0.39, 0.29) is 35.3 Å². The zero-order valence-corrected chi connectivity index (χ0v) is 15.4. The Bertz CT molecular complexity index is 789. The quantitative estimate of drug-likeness (QED) is 0.594. The molecule has 142 valence electrons. The molecule has 0 atom stereocenters. The summed E-state index contributed by atoms with van der Waals surface area (Å²) in [7, 11) is 1.46. The Kier molecular flexibility index (Phi) is 6.04. The lowest BCUT2D eigenvalue weighted by molar-refractivity contribution is -0.384. The molecule has 10 heteroatoms. The monoisotopic (exact) mass is 384 g/mol. The summed E-state index contributed by atoms with van der Waals surface area (Å²) in [6.07, 6.45) is 3.52. The second-order valence-corrected chi connectivity index (χ2v) is 6.00. The molecule has 2 N–H and O–H groups in total. The van der Waals surface area contributed by atoms with Crippen LogP contribution in [0.25, 0.3) is 11.5 Å². The summed E-state index contributed by atoms with van der Waals surface area (Å²) < 4.78 is 15.9. The third kappa shape index (κ3) is 3.58. The van der Waals surface area contributed by atoms with Gasteiger partial charge in [0.2, 0.25) is 0 Å². The van der Waals surface area contributed by atoms with Crippen LogP contribution < -0.4 is 15.2 Å². The van der Waals surface area contributed by atoms with Crippen LogP contribution in [0.1, 0.15) is 38.4 Å². The molecule has 0 amide bonds. The summed E-state index contributed by atoms with van der Waals surface area (Å²) in [5.41, 5.74) is 5.67. The Hall–Kier alpha value is -2.39. The van der Waals surface area contributed by atoms with Crippen molar-refractivity contribution in [2.45, 2.75) is 38.1 Å². The Morgan fingerprint density at radius 1 is 1.35 bits per heavy atom. The van der Waals surface area contributed by atoms with E-state index in [2.05, 4.69) is 10.1 Å². The molecule has 0 radical (unpaired) electrons. The van der Waals surface area contributed by atoms with Crippen LogP contribution in [0.3, 0.4) is 0 Å². The normalized spacial score (nSPS) is 15.3. The summed E-state index contributed by atoms with van der Waals surface area (Å²) >= 11 is 0. The number of hydrogen-bond donors (Lipinski definition) is 1. The first-order valence-corrected chi connectivity index (χ1v) is 8.11.